The Morgan fingerprint density at radius 1 is 1.22 bits per heavy atom. The third kappa shape index (κ3) is 3.45. The molecule has 1 atom stereocenters. The van der Waals surface area contributed by atoms with Gasteiger partial charge in [-0.15, -0.1) is 0 Å². The fraction of sp³-hybridized carbons (Fsp3) is 0.389. The van der Waals surface area contributed by atoms with Crippen LogP contribution in [0.1, 0.15) is 18.5 Å². The van der Waals surface area contributed by atoms with Gasteiger partial charge >= 0.3 is 5.97 Å². The number of nitrogens with one attached hydrogen (secondary N) is 1. The average Bonchev–Trinajstić information content (AvgIpc) is 3.14. The molecule has 0 fully saturated rings. The van der Waals surface area contributed by atoms with Crippen molar-refractivity contribution in [3.05, 3.63) is 41.4 Å². The summed E-state index contributed by atoms with van der Waals surface area (Å²) >= 11 is 0. The Hall–Kier alpha value is -3.07. The lowest BCUT2D eigenvalue weighted by Gasteiger charge is -2.29. The maximum absolute atomic E-state index is 12.8. The molecule has 1 aliphatic heterocycles. The lowest BCUT2D eigenvalue weighted by Crippen LogP contribution is -2.30. The highest BCUT2D eigenvalue weighted by molar-refractivity contribution is 5.92. The molecule has 9 nitrogen and oxygen atoms in total. The number of anilines is 1. The van der Waals surface area contributed by atoms with E-state index in [4.69, 9.17) is 18.9 Å². The molecule has 1 aromatic carbocycles. The van der Waals surface area contributed by atoms with Gasteiger partial charge in [0, 0.05) is 18.4 Å². The normalized spacial score (nSPS) is 15.8. The zero-order chi connectivity index (χ0) is 19.4. The summed E-state index contributed by atoms with van der Waals surface area (Å²) in [5.41, 5.74) is 1.76. The van der Waals surface area contributed by atoms with Crippen molar-refractivity contribution < 1.29 is 23.7 Å². The number of para-hydroxylation sites is 1. The average molecular weight is 374 g/mol. The largest absolute Gasteiger partial charge is 0.493 e. The summed E-state index contributed by atoms with van der Waals surface area (Å²) in [6, 6.07) is 4.90. The van der Waals surface area contributed by atoms with Gasteiger partial charge in [-0.25, -0.2) is 9.48 Å². The SMILES string of the molecule is COCCOC(=O)C1=C(C)Nc2ncnn2C1c1cccc(OC)c1OC. The van der Waals surface area contributed by atoms with Gasteiger partial charge in [0.15, 0.2) is 11.5 Å². The van der Waals surface area contributed by atoms with E-state index in [9.17, 15) is 4.79 Å². The Morgan fingerprint density at radius 2 is 2.04 bits per heavy atom. The first-order valence-electron chi connectivity index (χ1n) is 8.36. The number of carbonyl (C=O) groups excluding carboxylic acids is 1. The Kier molecular flexibility index (Phi) is 5.60. The maximum atomic E-state index is 12.8. The molecule has 0 saturated heterocycles. The first-order chi connectivity index (χ1) is 13.1. The first kappa shape index (κ1) is 18.7. The summed E-state index contributed by atoms with van der Waals surface area (Å²) in [7, 11) is 4.66. The quantitative estimate of drug-likeness (QED) is 0.579. The van der Waals surface area contributed by atoms with Gasteiger partial charge < -0.3 is 24.3 Å². The number of allylic oxidation sites excluding steroid dienone is 1. The van der Waals surface area contributed by atoms with E-state index in [0.717, 1.165) is 0 Å². The van der Waals surface area contributed by atoms with Crippen molar-refractivity contribution in [1.82, 2.24) is 14.8 Å². The van der Waals surface area contributed by atoms with Crippen LogP contribution in [-0.2, 0) is 14.3 Å². The number of fused-ring (bicyclic) bond motifs is 1. The van der Waals surface area contributed by atoms with Crippen LogP contribution in [-0.4, -0.2) is 55.3 Å². The Balaban J connectivity index is 2.11. The van der Waals surface area contributed by atoms with Gasteiger partial charge in [-0.3, -0.25) is 0 Å². The third-order valence-electron chi connectivity index (χ3n) is 4.26. The molecule has 0 spiro atoms. The summed E-state index contributed by atoms with van der Waals surface area (Å²) in [6.45, 7) is 2.26. The van der Waals surface area contributed by atoms with Crippen LogP contribution in [0.15, 0.2) is 35.8 Å². The lowest BCUT2D eigenvalue weighted by atomic mass is 9.94. The van der Waals surface area contributed by atoms with Gasteiger partial charge in [0.2, 0.25) is 5.95 Å². The minimum Gasteiger partial charge on any atom is -0.493 e. The Bertz CT molecular complexity index is 861. The second-order valence-corrected chi connectivity index (χ2v) is 5.81. The molecule has 1 aliphatic rings. The Morgan fingerprint density at radius 3 is 2.74 bits per heavy atom. The predicted molar refractivity (Wildman–Crippen MR) is 96.9 cm³/mol. The Labute approximate surface area is 156 Å². The van der Waals surface area contributed by atoms with E-state index in [2.05, 4.69) is 15.4 Å². The number of nitrogens with zero attached hydrogens (tertiary/aromatic N) is 3. The molecule has 1 unspecified atom stereocenters. The molecular weight excluding hydrogens is 352 g/mol. The number of rotatable bonds is 7. The minimum absolute atomic E-state index is 0.151. The summed E-state index contributed by atoms with van der Waals surface area (Å²) in [4.78, 5) is 17.1. The van der Waals surface area contributed by atoms with Gasteiger partial charge in [-0.2, -0.15) is 10.1 Å². The molecule has 1 N–H and O–H groups in total. The molecule has 2 heterocycles. The van der Waals surface area contributed by atoms with E-state index in [-0.39, 0.29) is 6.61 Å². The van der Waals surface area contributed by atoms with Crippen molar-refractivity contribution in [2.24, 2.45) is 0 Å². The highest BCUT2D eigenvalue weighted by Gasteiger charge is 2.36. The molecule has 3 rings (SSSR count). The van der Waals surface area contributed by atoms with Crippen LogP contribution in [0.4, 0.5) is 5.95 Å². The standard InChI is InChI=1S/C18H22N4O5/c1-11-14(17(23)27-9-8-24-2)15(22-18(21-11)19-10-20-22)12-6-5-7-13(25-3)16(12)26-4/h5-7,10,15H,8-9H2,1-4H3,(H,19,20,21). The van der Waals surface area contributed by atoms with Gasteiger partial charge in [-0.05, 0) is 13.0 Å². The molecule has 0 aliphatic carbocycles. The molecule has 27 heavy (non-hydrogen) atoms. The van der Waals surface area contributed by atoms with Crippen LogP contribution < -0.4 is 14.8 Å². The van der Waals surface area contributed by atoms with Crippen molar-refractivity contribution in [2.45, 2.75) is 13.0 Å². The highest BCUT2D eigenvalue weighted by Crippen LogP contribution is 2.42. The third-order valence-corrected chi connectivity index (χ3v) is 4.26. The van der Waals surface area contributed by atoms with E-state index in [0.29, 0.717) is 40.9 Å². The zero-order valence-corrected chi connectivity index (χ0v) is 15.7. The van der Waals surface area contributed by atoms with Gasteiger partial charge in [0.25, 0.3) is 0 Å². The van der Waals surface area contributed by atoms with Crippen molar-refractivity contribution >= 4 is 11.9 Å². The van der Waals surface area contributed by atoms with Gasteiger partial charge in [-0.1, -0.05) is 12.1 Å². The van der Waals surface area contributed by atoms with Crippen LogP contribution in [0.3, 0.4) is 0 Å². The van der Waals surface area contributed by atoms with E-state index in [1.807, 2.05) is 12.1 Å². The zero-order valence-electron chi connectivity index (χ0n) is 15.7. The number of benzene rings is 1. The number of methoxy groups -OCH3 is 3. The summed E-state index contributed by atoms with van der Waals surface area (Å²) in [5, 5.41) is 7.38. The van der Waals surface area contributed by atoms with E-state index >= 15 is 0 Å². The second-order valence-electron chi connectivity index (χ2n) is 5.81. The second kappa shape index (κ2) is 8.09. The van der Waals surface area contributed by atoms with Crippen LogP contribution in [0.25, 0.3) is 0 Å². The molecule has 0 saturated carbocycles. The molecule has 0 bridgehead atoms. The van der Waals surface area contributed by atoms with Crippen LogP contribution in [0.5, 0.6) is 11.5 Å². The minimum atomic E-state index is -0.580. The summed E-state index contributed by atoms with van der Waals surface area (Å²) in [5.74, 6) is 1.13. The molecule has 0 radical (unpaired) electrons. The smallest absolute Gasteiger partial charge is 0.338 e. The molecule has 2 aromatic rings. The first-order valence-corrected chi connectivity index (χ1v) is 8.36. The summed E-state index contributed by atoms with van der Waals surface area (Å²) in [6.07, 6.45) is 1.43. The van der Waals surface area contributed by atoms with Gasteiger partial charge in [0.1, 0.15) is 19.0 Å². The monoisotopic (exact) mass is 374 g/mol. The number of carbonyl (C=O) groups is 1. The van der Waals surface area contributed by atoms with E-state index < -0.39 is 12.0 Å². The predicted octanol–water partition coefficient (Wildman–Crippen LogP) is 1.77. The molecule has 0 amide bonds. The number of ether oxygens (including phenoxy) is 4. The molecule has 144 valence electrons. The molecular formula is C18H22N4O5. The van der Waals surface area contributed by atoms with Gasteiger partial charge in [0.05, 0.1) is 26.4 Å². The van der Waals surface area contributed by atoms with Crippen molar-refractivity contribution in [3.8, 4) is 11.5 Å². The number of aromatic nitrogens is 3. The lowest BCUT2D eigenvalue weighted by molar-refractivity contribution is -0.140. The molecule has 1 aromatic heterocycles. The maximum Gasteiger partial charge on any atom is 0.338 e. The van der Waals surface area contributed by atoms with Crippen LogP contribution in [0.2, 0.25) is 0 Å². The number of esters is 1. The fourth-order valence-corrected chi connectivity index (χ4v) is 3.07. The van der Waals surface area contributed by atoms with E-state index in [1.165, 1.54) is 6.33 Å². The highest BCUT2D eigenvalue weighted by atomic mass is 16.6. The summed E-state index contributed by atoms with van der Waals surface area (Å²) < 4.78 is 22.9. The topological polar surface area (TPSA) is 96.7 Å². The van der Waals surface area contributed by atoms with Crippen molar-refractivity contribution in [1.29, 1.82) is 0 Å². The van der Waals surface area contributed by atoms with E-state index in [1.54, 1.807) is 39.0 Å². The number of hydrogen-bond donors (Lipinski definition) is 1. The van der Waals surface area contributed by atoms with Crippen LogP contribution >= 0.6 is 0 Å². The van der Waals surface area contributed by atoms with Crippen molar-refractivity contribution in [3.63, 3.8) is 0 Å². The van der Waals surface area contributed by atoms with Crippen LogP contribution in [0, 0.1) is 0 Å². The fourth-order valence-electron chi connectivity index (χ4n) is 3.07. The number of hydrogen-bond acceptors (Lipinski definition) is 8. The molecule has 9 heteroatoms. The van der Waals surface area contributed by atoms with Crippen molar-refractivity contribution in [2.75, 3.05) is 39.9 Å².